The van der Waals surface area contributed by atoms with Crippen molar-refractivity contribution < 1.29 is 13.2 Å². The van der Waals surface area contributed by atoms with E-state index in [0.717, 1.165) is 12.8 Å². The number of hydrogen-bond donors (Lipinski definition) is 0. The molecule has 0 aliphatic carbocycles. The van der Waals surface area contributed by atoms with Crippen molar-refractivity contribution in [2.24, 2.45) is 0 Å². The monoisotopic (exact) mass is 221 g/mol. The minimum absolute atomic E-state index is 0.0662. The average molecular weight is 221 g/mol. The molecule has 0 amide bonds. The molecule has 0 aromatic carbocycles. The molecule has 0 N–H and O–H groups in total. The fourth-order valence-electron chi connectivity index (χ4n) is 1.91. The van der Waals surface area contributed by atoms with Gasteiger partial charge in [-0.2, -0.15) is 4.31 Å². The highest BCUT2D eigenvalue weighted by molar-refractivity contribution is 7.89. The molecule has 14 heavy (non-hydrogen) atoms. The molecular formula is C9H19NO3S. The molecule has 0 bridgehead atoms. The van der Waals surface area contributed by atoms with E-state index in [2.05, 4.69) is 0 Å². The molecule has 1 rings (SSSR count). The van der Waals surface area contributed by atoms with Crippen molar-refractivity contribution in [2.75, 3.05) is 26.0 Å². The standard InChI is InChI=1S/C9H19NO3S/c1-3-7-14(11,12)10-6-4-5-9(10)8-13-2/h9H,3-8H2,1-2H3/t9-/m1/s1. The Morgan fingerprint density at radius 3 is 2.79 bits per heavy atom. The molecule has 5 heteroatoms. The summed E-state index contributed by atoms with van der Waals surface area (Å²) >= 11 is 0. The van der Waals surface area contributed by atoms with E-state index in [1.165, 1.54) is 0 Å². The Kier molecular flexibility index (Phi) is 4.34. The molecule has 0 spiro atoms. The second-order valence-corrected chi connectivity index (χ2v) is 5.72. The summed E-state index contributed by atoms with van der Waals surface area (Å²) in [6.45, 7) is 3.07. The number of rotatable bonds is 5. The van der Waals surface area contributed by atoms with Gasteiger partial charge in [0.25, 0.3) is 0 Å². The highest BCUT2D eigenvalue weighted by Gasteiger charge is 2.33. The van der Waals surface area contributed by atoms with Gasteiger partial charge >= 0.3 is 0 Å². The molecule has 1 atom stereocenters. The van der Waals surface area contributed by atoms with E-state index in [1.54, 1.807) is 11.4 Å². The predicted octanol–water partition coefficient (Wildman–Crippen LogP) is 0.837. The van der Waals surface area contributed by atoms with Crippen LogP contribution in [-0.4, -0.2) is 44.8 Å². The molecule has 1 aliphatic heterocycles. The Labute approximate surface area is 86.3 Å². The maximum atomic E-state index is 11.8. The zero-order valence-electron chi connectivity index (χ0n) is 8.90. The number of ether oxygens (including phenoxy) is 1. The van der Waals surface area contributed by atoms with Crippen LogP contribution in [0, 0.1) is 0 Å². The summed E-state index contributed by atoms with van der Waals surface area (Å²) in [6, 6.07) is 0.0662. The van der Waals surface area contributed by atoms with Crippen molar-refractivity contribution in [2.45, 2.75) is 32.2 Å². The quantitative estimate of drug-likeness (QED) is 0.691. The smallest absolute Gasteiger partial charge is 0.214 e. The Morgan fingerprint density at radius 2 is 2.21 bits per heavy atom. The zero-order chi connectivity index (χ0) is 10.6. The number of methoxy groups -OCH3 is 1. The van der Waals surface area contributed by atoms with Crippen molar-refractivity contribution in [3.8, 4) is 0 Å². The van der Waals surface area contributed by atoms with Gasteiger partial charge in [0.2, 0.25) is 10.0 Å². The number of sulfonamides is 1. The van der Waals surface area contributed by atoms with Crippen molar-refractivity contribution in [3.63, 3.8) is 0 Å². The van der Waals surface area contributed by atoms with Gasteiger partial charge < -0.3 is 4.74 Å². The molecule has 1 heterocycles. The maximum absolute atomic E-state index is 11.8. The summed E-state index contributed by atoms with van der Waals surface area (Å²) in [5.41, 5.74) is 0. The fourth-order valence-corrected chi connectivity index (χ4v) is 3.69. The van der Waals surface area contributed by atoms with Crippen LogP contribution in [0.1, 0.15) is 26.2 Å². The third kappa shape index (κ3) is 2.68. The Bertz CT molecular complexity index is 263. The van der Waals surface area contributed by atoms with Crippen LogP contribution in [0.15, 0.2) is 0 Å². The number of hydrogen-bond acceptors (Lipinski definition) is 3. The van der Waals surface area contributed by atoms with E-state index < -0.39 is 10.0 Å². The van der Waals surface area contributed by atoms with E-state index in [4.69, 9.17) is 4.74 Å². The first-order valence-electron chi connectivity index (χ1n) is 5.10. The molecule has 0 unspecified atom stereocenters. The topological polar surface area (TPSA) is 46.6 Å². The number of nitrogens with zero attached hydrogens (tertiary/aromatic N) is 1. The third-order valence-corrected chi connectivity index (χ3v) is 4.62. The molecule has 0 radical (unpaired) electrons. The lowest BCUT2D eigenvalue weighted by molar-refractivity contribution is 0.149. The summed E-state index contributed by atoms with van der Waals surface area (Å²) < 4.78 is 30.2. The van der Waals surface area contributed by atoms with Crippen LogP contribution in [0.2, 0.25) is 0 Å². The highest BCUT2D eigenvalue weighted by Crippen LogP contribution is 2.21. The van der Waals surface area contributed by atoms with Crippen LogP contribution >= 0.6 is 0 Å². The molecule has 1 fully saturated rings. The molecule has 0 aromatic rings. The third-order valence-electron chi connectivity index (χ3n) is 2.50. The second-order valence-electron chi connectivity index (χ2n) is 3.68. The highest BCUT2D eigenvalue weighted by atomic mass is 32.2. The molecular weight excluding hydrogens is 202 g/mol. The Hall–Kier alpha value is -0.130. The van der Waals surface area contributed by atoms with E-state index >= 15 is 0 Å². The van der Waals surface area contributed by atoms with Gasteiger partial charge in [-0.05, 0) is 19.3 Å². The van der Waals surface area contributed by atoms with Gasteiger partial charge in [0, 0.05) is 19.7 Å². The van der Waals surface area contributed by atoms with Crippen LogP contribution in [0.3, 0.4) is 0 Å². The van der Waals surface area contributed by atoms with Gasteiger partial charge in [-0.1, -0.05) is 6.92 Å². The second kappa shape index (κ2) is 5.09. The molecule has 0 saturated carbocycles. The molecule has 1 aliphatic rings. The largest absolute Gasteiger partial charge is 0.383 e. The zero-order valence-corrected chi connectivity index (χ0v) is 9.72. The van der Waals surface area contributed by atoms with Gasteiger partial charge in [-0.15, -0.1) is 0 Å². The van der Waals surface area contributed by atoms with Gasteiger partial charge in [-0.25, -0.2) is 8.42 Å². The van der Waals surface area contributed by atoms with Gasteiger partial charge in [0.1, 0.15) is 0 Å². The normalized spacial score (nSPS) is 24.3. The molecule has 4 nitrogen and oxygen atoms in total. The van der Waals surface area contributed by atoms with Crippen molar-refractivity contribution in [1.29, 1.82) is 0 Å². The Balaban J connectivity index is 2.66. The van der Waals surface area contributed by atoms with Gasteiger partial charge in [-0.3, -0.25) is 0 Å². The van der Waals surface area contributed by atoms with Crippen LogP contribution in [0.4, 0.5) is 0 Å². The van der Waals surface area contributed by atoms with E-state index in [0.29, 0.717) is 19.6 Å². The molecule has 0 aromatic heterocycles. The summed E-state index contributed by atoms with van der Waals surface area (Å²) in [5, 5.41) is 0. The fraction of sp³-hybridized carbons (Fsp3) is 1.00. The van der Waals surface area contributed by atoms with E-state index in [1.807, 2.05) is 6.92 Å². The lowest BCUT2D eigenvalue weighted by Gasteiger charge is -2.23. The van der Waals surface area contributed by atoms with Crippen LogP contribution in [0.25, 0.3) is 0 Å². The minimum atomic E-state index is -3.03. The molecule has 84 valence electrons. The van der Waals surface area contributed by atoms with Crippen LogP contribution in [-0.2, 0) is 14.8 Å². The molecule has 1 saturated heterocycles. The first-order valence-corrected chi connectivity index (χ1v) is 6.71. The Morgan fingerprint density at radius 1 is 1.50 bits per heavy atom. The van der Waals surface area contributed by atoms with Crippen molar-refractivity contribution in [3.05, 3.63) is 0 Å². The first kappa shape index (κ1) is 11.9. The lowest BCUT2D eigenvalue weighted by atomic mass is 10.2. The summed E-state index contributed by atoms with van der Waals surface area (Å²) in [5.74, 6) is 0.257. The maximum Gasteiger partial charge on any atom is 0.214 e. The predicted molar refractivity (Wildman–Crippen MR) is 55.7 cm³/mol. The van der Waals surface area contributed by atoms with Crippen LogP contribution < -0.4 is 0 Å². The first-order chi connectivity index (χ1) is 6.61. The lowest BCUT2D eigenvalue weighted by Crippen LogP contribution is -2.39. The van der Waals surface area contributed by atoms with E-state index in [9.17, 15) is 8.42 Å². The van der Waals surface area contributed by atoms with Gasteiger partial charge in [0.15, 0.2) is 0 Å². The average Bonchev–Trinajstić information content (AvgIpc) is 2.53. The summed E-state index contributed by atoms with van der Waals surface area (Å²) in [7, 11) is -1.41. The van der Waals surface area contributed by atoms with E-state index in [-0.39, 0.29) is 11.8 Å². The van der Waals surface area contributed by atoms with Crippen LogP contribution in [0.5, 0.6) is 0 Å². The summed E-state index contributed by atoms with van der Waals surface area (Å²) in [4.78, 5) is 0. The minimum Gasteiger partial charge on any atom is -0.383 e. The van der Waals surface area contributed by atoms with Crippen molar-refractivity contribution >= 4 is 10.0 Å². The van der Waals surface area contributed by atoms with Gasteiger partial charge in [0.05, 0.1) is 12.4 Å². The SMILES string of the molecule is CCCS(=O)(=O)N1CCC[C@@H]1COC. The summed E-state index contributed by atoms with van der Waals surface area (Å²) in [6.07, 6.45) is 2.56. The van der Waals surface area contributed by atoms with Crippen molar-refractivity contribution in [1.82, 2.24) is 4.31 Å².